The molecule has 1 N–H and O–H groups in total. The van der Waals surface area contributed by atoms with Gasteiger partial charge in [0.1, 0.15) is 5.75 Å². The van der Waals surface area contributed by atoms with Crippen LogP contribution in [0.1, 0.15) is 31.0 Å². The molecule has 2 unspecified atom stereocenters. The molecule has 0 saturated heterocycles. The van der Waals surface area contributed by atoms with E-state index in [1.54, 1.807) is 6.92 Å². The molecule has 0 bridgehead atoms. The Morgan fingerprint density at radius 3 is 2.28 bits per heavy atom. The lowest BCUT2D eigenvalue weighted by molar-refractivity contribution is -0.127. The molecular weight excluding hydrogens is 312 g/mol. The highest BCUT2D eigenvalue weighted by Gasteiger charge is 2.19. The molecule has 25 heavy (non-hydrogen) atoms. The number of likely N-dealkylation sites (N-methyl/N-ethyl adjacent to an activating group) is 1. The van der Waals surface area contributed by atoms with Crippen molar-refractivity contribution in [1.82, 2.24) is 10.2 Å². The highest BCUT2D eigenvalue weighted by atomic mass is 16.5. The first-order chi connectivity index (χ1) is 12.0. The summed E-state index contributed by atoms with van der Waals surface area (Å²) in [5.41, 5.74) is 2.51. The molecule has 4 heteroatoms. The summed E-state index contributed by atoms with van der Waals surface area (Å²) in [6.07, 6.45) is 0.491. The average Bonchev–Trinajstić information content (AvgIpc) is 2.62. The van der Waals surface area contributed by atoms with E-state index in [0.717, 1.165) is 6.42 Å². The number of rotatable bonds is 8. The van der Waals surface area contributed by atoms with E-state index in [9.17, 15) is 4.79 Å². The van der Waals surface area contributed by atoms with Crippen LogP contribution in [0, 0.1) is 0 Å². The van der Waals surface area contributed by atoms with Gasteiger partial charge in [0, 0.05) is 6.54 Å². The first-order valence-corrected chi connectivity index (χ1v) is 8.76. The minimum absolute atomic E-state index is 0.110. The standard InChI is InChI=1S/C21H28N2O2/c1-5-17-11-13-18(14-12-17)20(23(3)4)15-22-21(24)16(2)25-19-9-7-6-8-10-19/h6-14,16,20H,5,15H2,1-4H3,(H,22,24). The van der Waals surface area contributed by atoms with Gasteiger partial charge in [-0.2, -0.15) is 0 Å². The minimum atomic E-state index is -0.535. The number of benzene rings is 2. The predicted molar refractivity (Wildman–Crippen MR) is 102 cm³/mol. The first kappa shape index (κ1) is 19.0. The molecule has 0 fully saturated rings. The van der Waals surface area contributed by atoms with Gasteiger partial charge in [0.15, 0.2) is 6.10 Å². The maximum atomic E-state index is 12.4. The van der Waals surface area contributed by atoms with Crippen molar-refractivity contribution in [1.29, 1.82) is 0 Å². The number of hydrogen-bond acceptors (Lipinski definition) is 3. The van der Waals surface area contributed by atoms with Gasteiger partial charge in [-0.3, -0.25) is 4.79 Å². The number of carbonyl (C=O) groups excluding carboxylic acids is 1. The molecule has 2 aromatic rings. The Labute approximate surface area is 150 Å². The van der Waals surface area contributed by atoms with Gasteiger partial charge in [-0.1, -0.05) is 49.4 Å². The van der Waals surface area contributed by atoms with Gasteiger partial charge in [0.25, 0.3) is 5.91 Å². The summed E-state index contributed by atoms with van der Waals surface area (Å²) >= 11 is 0. The second-order valence-electron chi connectivity index (χ2n) is 6.39. The molecule has 1 amide bonds. The topological polar surface area (TPSA) is 41.6 Å². The lowest BCUT2D eigenvalue weighted by Crippen LogP contribution is -2.41. The Bertz CT molecular complexity index is 653. The Morgan fingerprint density at radius 2 is 1.72 bits per heavy atom. The summed E-state index contributed by atoms with van der Waals surface area (Å²) < 4.78 is 5.68. The summed E-state index contributed by atoms with van der Waals surface area (Å²) in [5.74, 6) is 0.588. The van der Waals surface area contributed by atoms with E-state index in [4.69, 9.17) is 4.74 Å². The molecular formula is C21H28N2O2. The van der Waals surface area contributed by atoms with Crippen LogP contribution in [-0.4, -0.2) is 37.6 Å². The van der Waals surface area contributed by atoms with Crippen LogP contribution >= 0.6 is 0 Å². The summed E-state index contributed by atoms with van der Waals surface area (Å²) in [6, 6.07) is 18.1. The van der Waals surface area contributed by atoms with E-state index in [-0.39, 0.29) is 11.9 Å². The SMILES string of the molecule is CCc1ccc(C(CNC(=O)C(C)Oc2ccccc2)N(C)C)cc1. The van der Waals surface area contributed by atoms with Crippen LogP contribution in [0.2, 0.25) is 0 Å². The largest absolute Gasteiger partial charge is 0.481 e. The Hall–Kier alpha value is -2.33. The van der Waals surface area contributed by atoms with E-state index in [1.807, 2.05) is 44.4 Å². The van der Waals surface area contributed by atoms with Crippen LogP contribution in [0.5, 0.6) is 5.75 Å². The number of nitrogens with one attached hydrogen (secondary N) is 1. The third-order valence-electron chi connectivity index (χ3n) is 4.29. The van der Waals surface area contributed by atoms with E-state index in [2.05, 4.69) is 41.4 Å². The normalized spacial score (nSPS) is 13.3. The molecule has 0 aromatic heterocycles. The van der Waals surface area contributed by atoms with Gasteiger partial charge >= 0.3 is 0 Å². The smallest absolute Gasteiger partial charge is 0.260 e. The van der Waals surface area contributed by atoms with Gasteiger partial charge in [0.2, 0.25) is 0 Å². The van der Waals surface area contributed by atoms with Crippen molar-refractivity contribution in [2.45, 2.75) is 32.4 Å². The van der Waals surface area contributed by atoms with Crippen molar-refractivity contribution in [2.75, 3.05) is 20.6 Å². The first-order valence-electron chi connectivity index (χ1n) is 8.76. The number of para-hydroxylation sites is 1. The van der Waals surface area contributed by atoms with Gasteiger partial charge < -0.3 is 15.0 Å². The summed E-state index contributed by atoms with van der Waals surface area (Å²) in [6.45, 7) is 4.45. The van der Waals surface area contributed by atoms with Crippen molar-refractivity contribution in [2.24, 2.45) is 0 Å². The molecule has 0 aliphatic carbocycles. The van der Waals surface area contributed by atoms with Crippen LogP contribution in [0.3, 0.4) is 0 Å². The molecule has 0 aliphatic rings. The van der Waals surface area contributed by atoms with Crippen molar-refractivity contribution in [3.05, 3.63) is 65.7 Å². The van der Waals surface area contributed by atoms with Crippen LogP contribution in [0.15, 0.2) is 54.6 Å². The molecule has 2 aromatic carbocycles. The third kappa shape index (κ3) is 5.61. The van der Waals surface area contributed by atoms with E-state index in [1.165, 1.54) is 11.1 Å². The lowest BCUT2D eigenvalue weighted by atomic mass is 10.0. The third-order valence-corrected chi connectivity index (χ3v) is 4.29. The Morgan fingerprint density at radius 1 is 1.08 bits per heavy atom. The predicted octanol–water partition coefficient (Wildman–Crippen LogP) is 3.44. The Kier molecular flexibility index (Phi) is 7.02. The van der Waals surface area contributed by atoms with Crippen molar-refractivity contribution in [3.8, 4) is 5.75 Å². The van der Waals surface area contributed by atoms with Gasteiger partial charge in [-0.05, 0) is 50.7 Å². The van der Waals surface area contributed by atoms with Crippen LogP contribution in [-0.2, 0) is 11.2 Å². The maximum Gasteiger partial charge on any atom is 0.260 e. The monoisotopic (exact) mass is 340 g/mol. The molecule has 0 saturated carbocycles. The van der Waals surface area contributed by atoms with E-state index < -0.39 is 6.10 Å². The van der Waals surface area contributed by atoms with E-state index in [0.29, 0.717) is 12.3 Å². The number of carbonyl (C=O) groups is 1. The number of aryl methyl sites for hydroxylation is 1. The number of hydrogen-bond donors (Lipinski definition) is 1. The zero-order valence-corrected chi connectivity index (χ0v) is 15.5. The molecule has 2 rings (SSSR count). The molecule has 4 nitrogen and oxygen atoms in total. The number of nitrogens with zero attached hydrogens (tertiary/aromatic N) is 1. The minimum Gasteiger partial charge on any atom is -0.481 e. The Balaban J connectivity index is 1.94. The van der Waals surface area contributed by atoms with Crippen molar-refractivity contribution < 1.29 is 9.53 Å². The summed E-state index contributed by atoms with van der Waals surface area (Å²) in [7, 11) is 4.04. The molecule has 0 spiro atoms. The quantitative estimate of drug-likeness (QED) is 0.800. The van der Waals surface area contributed by atoms with Gasteiger partial charge in [-0.25, -0.2) is 0 Å². The summed E-state index contributed by atoms with van der Waals surface area (Å²) in [4.78, 5) is 14.5. The molecule has 2 atom stereocenters. The maximum absolute atomic E-state index is 12.4. The molecule has 0 radical (unpaired) electrons. The number of amides is 1. The van der Waals surface area contributed by atoms with Gasteiger partial charge in [0.05, 0.1) is 6.04 Å². The van der Waals surface area contributed by atoms with E-state index >= 15 is 0 Å². The molecule has 0 heterocycles. The highest BCUT2D eigenvalue weighted by Crippen LogP contribution is 2.18. The van der Waals surface area contributed by atoms with Crippen LogP contribution in [0.25, 0.3) is 0 Å². The molecule has 0 aliphatic heterocycles. The fourth-order valence-electron chi connectivity index (χ4n) is 2.67. The lowest BCUT2D eigenvalue weighted by Gasteiger charge is -2.26. The zero-order chi connectivity index (χ0) is 18.2. The van der Waals surface area contributed by atoms with Crippen LogP contribution < -0.4 is 10.1 Å². The van der Waals surface area contributed by atoms with Gasteiger partial charge in [-0.15, -0.1) is 0 Å². The van der Waals surface area contributed by atoms with Crippen molar-refractivity contribution >= 4 is 5.91 Å². The number of ether oxygens (including phenoxy) is 1. The fraction of sp³-hybridized carbons (Fsp3) is 0.381. The molecule has 134 valence electrons. The average molecular weight is 340 g/mol. The fourth-order valence-corrected chi connectivity index (χ4v) is 2.67. The second-order valence-corrected chi connectivity index (χ2v) is 6.39. The van der Waals surface area contributed by atoms with Crippen molar-refractivity contribution in [3.63, 3.8) is 0 Å². The second kappa shape index (κ2) is 9.23. The zero-order valence-electron chi connectivity index (χ0n) is 15.5. The summed E-state index contributed by atoms with van der Waals surface area (Å²) in [5, 5.41) is 3.01. The van der Waals surface area contributed by atoms with Crippen LogP contribution in [0.4, 0.5) is 0 Å². The highest BCUT2D eigenvalue weighted by molar-refractivity contribution is 5.80.